The van der Waals surface area contributed by atoms with Crippen LogP contribution in [0.3, 0.4) is 0 Å². The molecule has 21 heavy (non-hydrogen) atoms. The van der Waals surface area contributed by atoms with Gasteiger partial charge in [-0.1, -0.05) is 29.8 Å². The number of rotatable bonds is 5. The predicted octanol–water partition coefficient (Wildman–Crippen LogP) is 4.36. The van der Waals surface area contributed by atoms with Gasteiger partial charge in [-0.3, -0.25) is 0 Å². The topological polar surface area (TPSA) is 29.5 Å². The highest BCUT2D eigenvalue weighted by molar-refractivity contribution is 6.31. The molecule has 0 radical (unpaired) electrons. The van der Waals surface area contributed by atoms with Crippen molar-refractivity contribution >= 4 is 11.6 Å². The van der Waals surface area contributed by atoms with Crippen LogP contribution in [-0.2, 0) is 6.42 Å². The first kappa shape index (κ1) is 15.7. The molecule has 1 N–H and O–H groups in total. The fourth-order valence-corrected chi connectivity index (χ4v) is 2.13. The lowest BCUT2D eigenvalue weighted by Crippen LogP contribution is -2.04. The second-order valence-electron chi connectivity index (χ2n) is 4.40. The zero-order valence-electron chi connectivity index (χ0n) is 10.8. The van der Waals surface area contributed by atoms with E-state index in [0.717, 1.165) is 0 Å². The highest BCUT2D eigenvalue weighted by Crippen LogP contribution is 2.25. The summed E-state index contributed by atoms with van der Waals surface area (Å²) in [5, 5.41) is 10.3. The van der Waals surface area contributed by atoms with Crippen molar-refractivity contribution in [3.05, 3.63) is 64.4 Å². The van der Waals surface area contributed by atoms with Crippen LogP contribution < -0.4 is 4.74 Å². The first-order valence-electron chi connectivity index (χ1n) is 6.12. The second kappa shape index (κ2) is 6.83. The lowest BCUT2D eigenvalue weighted by Gasteiger charge is -2.13. The van der Waals surface area contributed by atoms with Gasteiger partial charge in [-0.05, 0) is 35.4 Å². The molecule has 2 aromatic rings. The predicted molar refractivity (Wildman–Crippen MR) is 73.1 cm³/mol. The molecule has 0 heterocycles. The Bertz CT molecular complexity index is 602. The van der Waals surface area contributed by atoms with Crippen molar-refractivity contribution in [2.45, 2.75) is 19.1 Å². The molecule has 2 nitrogen and oxygen atoms in total. The van der Waals surface area contributed by atoms with E-state index in [1.54, 1.807) is 0 Å². The summed E-state index contributed by atoms with van der Waals surface area (Å²) >= 11 is 5.89. The Hall–Kier alpha value is -1.72. The third-order valence-corrected chi connectivity index (χ3v) is 3.27. The molecule has 0 aromatic heterocycles. The van der Waals surface area contributed by atoms with E-state index < -0.39 is 18.5 Å². The minimum absolute atomic E-state index is 0.0146. The van der Waals surface area contributed by atoms with E-state index in [9.17, 15) is 18.3 Å². The van der Waals surface area contributed by atoms with Crippen LogP contribution in [0.1, 0.15) is 17.2 Å². The number of aliphatic hydroxyl groups excluding tert-OH is 1. The minimum atomic E-state index is -2.89. The number of ether oxygens (including phenoxy) is 1. The molecule has 0 bridgehead atoms. The highest BCUT2D eigenvalue weighted by atomic mass is 35.5. The summed E-state index contributed by atoms with van der Waals surface area (Å²) < 4.78 is 41.2. The molecular formula is C15H12ClF3O2. The molecule has 0 saturated carbocycles. The Morgan fingerprint density at radius 3 is 2.33 bits per heavy atom. The molecule has 0 aliphatic rings. The minimum Gasteiger partial charge on any atom is -0.435 e. The van der Waals surface area contributed by atoms with Gasteiger partial charge in [-0.25, -0.2) is 4.39 Å². The Kier molecular flexibility index (Phi) is 5.09. The lowest BCUT2D eigenvalue weighted by atomic mass is 10.0. The number of alkyl halides is 2. The van der Waals surface area contributed by atoms with Gasteiger partial charge in [0, 0.05) is 11.4 Å². The van der Waals surface area contributed by atoms with Crippen LogP contribution in [0.25, 0.3) is 0 Å². The van der Waals surface area contributed by atoms with E-state index >= 15 is 0 Å². The Morgan fingerprint density at radius 2 is 1.76 bits per heavy atom. The maximum atomic E-state index is 12.9. The van der Waals surface area contributed by atoms with E-state index in [-0.39, 0.29) is 17.2 Å². The lowest BCUT2D eigenvalue weighted by molar-refractivity contribution is -0.0498. The van der Waals surface area contributed by atoms with Crippen molar-refractivity contribution in [3.63, 3.8) is 0 Å². The van der Waals surface area contributed by atoms with Crippen LogP contribution in [0.15, 0.2) is 42.5 Å². The number of hydrogen-bond acceptors (Lipinski definition) is 2. The fraction of sp³-hybridized carbons (Fsp3) is 0.200. The van der Waals surface area contributed by atoms with E-state index in [1.165, 1.54) is 42.5 Å². The van der Waals surface area contributed by atoms with E-state index in [4.69, 9.17) is 11.6 Å². The maximum absolute atomic E-state index is 12.9. The van der Waals surface area contributed by atoms with Gasteiger partial charge >= 0.3 is 6.61 Å². The molecule has 0 spiro atoms. The zero-order chi connectivity index (χ0) is 15.4. The van der Waals surface area contributed by atoms with Crippen LogP contribution in [0.4, 0.5) is 13.2 Å². The van der Waals surface area contributed by atoms with Crippen molar-refractivity contribution < 1.29 is 23.0 Å². The average Bonchev–Trinajstić information content (AvgIpc) is 2.42. The van der Waals surface area contributed by atoms with Crippen molar-refractivity contribution in [3.8, 4) is 5.75 Å². The molecule has 0 fully saturated rings. The smallest absolute Gasteiger partial charge is 0.387 e. The van der Waals surface area contributed by atoms with Crippen LogP contribution in [-0.4, -0.2) is 11.7 Å². The van der Waals surface area contributed by atoms with E-state index in [0.29, 0.717) is 11.1 Å². The van der Waals surface area contributed by atoms with E-state index in [2.05, 4.69) is 4.74 Å². The van der Waals surface area contributed by atoms with Gasteiger partial charge in [0.25, 0.3) is 0 Å². The third-order valence-electron chi connectivity index (χ3n) is 2.92. The van der Waals surface area contributed by atoms with Crippen molar-refractivity contribution in [2.75, 3.05) is 0 Å². The number of aliphatic hydroxyl groups is 1. The maximum Gasteiger partial charge on any atom is 0.387 e. The summed E-state index contributed by atoms with van der Waals surface area (Å²) in [6.45, 7) is -2.89. The van der Waals surface area contributed by atoms with Crippen molar-refractivity contribution in [1.29, 1.82) is 0 Å². The Morgan fingerprint density at radius 1 is 1.10 bits per heavy atom. The summed E-state index contributed by atoms with van der Waals surface area (Å²) in [6, 6.07) is 9.58. The van der Waals surface area contributed by atoms with Gasteiger partial charge in [0.15, 0.2) is 0 Å². The van der Waals surface area contributed by atoms with Gasteiger partial charge < -0.3 is 9.84 Å². The molecule has 2 aromatic carbocycles. The van der Waals surface area contributed by atoms with Crippen LogP contribution in [0, 0.1) is 5.82 Å². The van der Waals surface area contributed by atoms with Crippen molar-refractivity contribution in [1.82, 2.24) is 0 Å². The van der Waals surface area contributed by atoms with Crippen LogP contribution in [0.2, 0.25) is 5.02 Å². The van der Waals surface area contributed by atoms with Gasteiger partial charge in [0.2, 0.25) is 0 Å². The number of hydrogen-bond donors (Lipinski definition) is 1. The molecular weight excluding hydrogens is 305 g/mol. The molecule has 0 aliphatic heterocycles. The average molecular weight is 317 g/mol. The number of halogens is 4. The first-order valence-corrected chi connectivity index (χ1v) is 6.50. The Balaban J connectivity index is 2.07. The molecule has 6 heteroatoms. The molecule has 0 aliphatic carbocycles. The van der Waals surface area contributed by atoms with Crippen molar-refractivity contribution in [2.24, 2.45) is 0 Å². The largest absolute Gasteiger partial charge is 0.435 e. The molecule has 0 amide bonds. The first-order chi connectivity index (χ1) is 9.95. The van der Waals surface area contributed by atoms with Gasteiger partial charge in [-0.2, -0.15) is 8.78 Å². The quantitative estimate of drug-likeness (QED) is 0.888. The molecule has 0 saturated heterocycles. The normalized spacial score (nSPS) is 12.5. The standard InChI is InChI=1S/C15H12ClF3O2/c16-13-8-11(17)4-1-10(13)7-14(20)9-2-5-12(6-3-9)21-15(18)19/h1-6,8,14-15,20H,7H2. The highest BCUT2D eigenvalue weighted by Gasteiger charge is 2.12. The summed E-state index contributed by atoms with van der Waals surface area (Å²) in [7, 11) is 0. The summed E-state index contributed by atoms with van der Waals surface area (Å²) in [5.74, 6) is -0.437. The monoisotopic (exact) mass is 316 g/mol. The van der Waals surface area contributed by atoms with Gasteiger partial charge in [0.1, 0.15) is 11.6 Å². The van der Waals surface area contributed by atoms with Gasteiger partial charge in [-0.15, -0.1) is 0 Å². The fourth-order valence-electron chi connectivity index (χ4n) is 1.88. The molecule has 2 rings (SSSR count). The summed E-state index contributed by atoms with van der Waals surface area (Å²) in [5.41, 5.74) is 1.12. The second-order valence-corrected chi connectivity index (χ2v) is 4.81. The van der Waals surface area contributed by atoms with Gasteiger partial charge in [0.05, 0.1) is 6.10 Å². The molecule has 1 unspecified atom stereocenters. The zero-order valence-corrected chi connectivity index (χ0v) is 11.5. The summed E-state index contributed by atoms with van der Waals surface area (Å²) in [4.78, 5) is 0. The van der Waals surface area contributed by atoms with E-state index in [1.807, 2.05) is 0 Å². The molecule has 1 atom stereocenters. The third kappa shape index (κ3) is 4.37. The SMILES string of the molecule is OC(Cc1ccc(F)cc1Cl)c1ccc(OC(F)F)cc1. The Labute approximate surface area is 124 Å². The van der Waals surface area contributed by atoms with Crippen LogP contribution in [0.5, 0.6) is 5.75 Å². The number of benzene rings is 2. The summed E-state index contributed by atoms with van der Waals surface area (Å²) in [6.07, 6.45) is -0.692. The van der Waals surface area contributed by atoms with Crippen LogP contribution >= 0.6 is 11.6 Å². The molecule has 112 valence electrons.